The highest BCUT2D eigenvalue weighted by atomic mass is 19.1. The van der Waals surface area contributed by atoms with E-state index < -0.39 is 5.82 Å². The SMILES string of the molecule is C=CCN(CCC)C(=O)c1ccc(OC)cc1F. The van der Waals surface area contributed by atoms with Crippen LogP contribution in [0, 0.1) is 5.82 Å². The fourth-order valence-electron chi connectivity index (χ4n) is 1.67. The van der Waals surface area contributed by atoms with Crippen LogP contribution < -0.4 is 4.74 Å². The zero-order valence-corrected chi connectivity index (χ0v) is 10.8. The van der Waals surface area contributed by atoms with Gasteiger partial charge in [0.1, 0.15) is 11.6 Å². The molecule has 1 amide bonds. The second-order valence-corrected chi connectivity index (χ2v) is 3.89. The van der Waals surface area contributed by atoms with Gasteiger partial charge in [0.2, 0.25) is 0 Å². The standard InChI is InChI=1S/C14H18FNO2/c1-4-8-16(9-5-2)14(17)12-7-6-11(18-3)10-13(12)15/h4,6-7,10H,1,5,8-9H2,2-3H3. The van der Waals surface area contributed by atoms with E-state index >= 15 is 0 Å². The molecule has 0 aliphatic carbocycles. The fourth-order valence-corrected chi connectivity index (χ4v) is 1.67. The van der Waals surface area contributed by atoms with Gasteiger partial charge in [-0.2, -0.15) is 0 Å². The molecule has 0 unspecified atom stereocenters. The zero-order valence-electron chi connectivity index (χ0n) is 10.8. The van der Waals surface area contributed by atoms with Crippen molar-refractivity contribution in [3.05, 3.63) is 42.2 Å². The summed E-state index contributed by atoms with van der Waals surface area (Å²) >= 11 is 0. The summed E-state index contributed by atoms with van der Waals surface area (Å²) in [5, 5.41) is 0. The highest BCUT2D eigenvalue weighted by Gasteiger charge is 2.18. The molecule has 1 aromatic rings. The molecule has 0 fully saturated rings. The summed E-state index contributed by atoms with van der Waals surface area (Å²) in [4.78, 5) is 13.7. The normalized spacial score (nSPS) is 9.94. The van der Waals surface area contributed by atoms with Gasteiger partial charge in [-0.05, 0) is 18.6 Å². The molecule has 1 aromatic carbocycles. The minimum absolute atomic E-state index is 0.0612. The number of carbonyl (C=O) groups excluding carboxylic acids is 1. The van der Waals surface area contributed by atoms with Crippen molar-refractivity contribution >= 4 is 5.91 Å². The third-order valence-electron chi connectivity index (χ3n) is 2.54. The molecule has 0 saturated carbocycles. The fraction of sp³-hybridized carbons (Fsp3) is 0.357. The number of hydrogen-bond acceptors (Lipinski definition) is 2. The molecule has 0 heterocycles. The number of hydrogen-bond donors (Lipinski definition) is 0. The first-order chi connectivity index (χ1) is 8.63. The predicted octanol–water partition coefficient (Wildman–Crippen LogP) is 2.87. The molecule has 3 nitrogen and oxygen atoms in total. The predicted molar refractivity (Wildman–Crippen MR) is 69.3 cm³/mol. The Kier molecular flexibility index (Phi) is 5.36. The van der Waals surface area contributed by atoms with Gasteiger partial charge in [-0.25, -0.2) is 4.39 Å². The molecule has 98 valence electrons. The number of ether oxygens (including phenoxy) is 1. The lowest BCUT2D eigenvalue weighted by atomic mass is 10.1. The van der Waals surface area contributed by atoms with E-state index in [0.29, 0.717) is 18.8 Å². The van der Waals surface area contributed by atoms with E-state index in [2.05, 4.69) is 6.58 Å². The second kappa shape index (κ2) is 6.79. The van der Waals surface area contributed by atoms with Gasteiger partial charge in [0.05, 0.1) is 12.7 Å². The first-order valence-electron chi connectivity index (χ1n) is 5.87. The molecule has 0 aliphatic heterocycles. The van der Waals surface area contributed by atoms with Gasteiger partial charge in [-0.3, -0.25) is 4.79 Å². The zero-order chi connectivity index (χ0) is 13.5. The average Bonchev–Trinajstić information content (AvgIpc) is 2.37. The van der Waals surface area contributed by atoms with Crippen molar-refractivity contribution in [3.63, 3.8) is 0 Å². The van der Waals surface area contributed by atoms with Crippen LogP contribution in [-0.4, -0.2) is 31.0 Å². The quantitative estimate of drug-likeness (QED) is 0.728. The third-order valence-corrected chi connectivity index (χ3v) is 2.54. The summed E-state index contributed by atoms with van der Waals surface area (Å²) in [5.41, 5.74) is 0.0612. The first-order valence-corrected chi connectivity index (χ1v) is 5.87. The number of benzene rings is 1. The van der Waals surface area contributed by atoms with E-state index in [1.165, 1.54) is 19.2 Å². The Hall–Kier alpha value is -1.84. The number of halogens is 1. The van der Waals surface area contributed by atoms with Crippen molar-refractivity contribution < 1.29 is 13.9 Å². The summed E-state index contributed by atoms with van der Waals surface area (Å²) in [6, 6.07) is 4.24. The number of nitrogens with zero attached hydrogens (tertiary/aromatic N) is 1. The van der Waals surface area contributed by atoms with Crippen molar-refractivity contribution in [3.8, 4) is 5.75 Å². The van der Waals surface area contributed by atoms with E-state index in [-0.39, 0.29) is 11.5 Å². The second-order valence-electron chi connectivity index (χ2n) is 3.89. The molecular weight excluding hydrogens is 233 g/mol. The Labute approximate surface area is 107 Å². The molecular formula is C14H18FNO2. The van der Waals surface area contributed by atoms with Crippen molar-refractivity contribution in [1.29, 1.82) is 0 Å². The highest BCUT2D eigenvalue weighted by Crippen LogP contribution is 2.18. The minimum Gasteiger partial charge on any atom is -0.497 e. The molecule has 0 N–H and O–H groups in total. The summed E-state index contributed by atoms with van der Waals surface area (Å²) < 4.78 is 18.7. The van der Waals surface area contributed by atoms with Crippen LogP contribution in [-0.2, 0) is 0 Å². The monoisotopic (exact) mass is 251 g/mol. The smallest absolute Gasteiger partial charge is 0.257 e. The largest absolute Gasteiger partial charge is 0.497 e. The molecule has 1 rings (SSSR count). The summed E-state index contributed by atoms with van der Waals surface area (Å²) in [7, 11) is 1.46. The van der Waals surface area contributed by atoms with E-state index in [1.807, 2.05) is 6.92 Å². The number of methoxy groups -OCH3 is 1. The lowest BCUT2D eigenvalue weighted by Crippen LogP contribution is -2.32. The van der Waals surface area contributed by atoms with Gasteiger partial charge in [0.25, 0.3) is 5.91 Å². The van der Waals surface area contributed by atoms with Gasteiger partial charge in [0.15, 0.2) is 0 Å². The Balaban J connectivity index is 2.97. The summed E-state index contributed by atoms with van der Waals surface area (Å²) in [6.07, 6.45) is 2.45. The lowest BCUT2D eigenvalue weighted by molar-refractivity contribution is 0.0769. The topological polar surface area (TPSA) is 29.5 Å². The van der Waals surface area contributed by atoms with E-state index in [0.717, 1.165) is 6.42 Å². The van der Waals surface area contributed by atoms with Crippen LogP contribution in [0.1, 0.15) is 23.7 Å². The lowest BCUT2D eigenvalue weighted by Gasteiger charge is -2.20. The van der Waals surface area contributed by atoms with Gasteiger partial charge in [-0.1, -0.05) is 13.0 Å². The Morgan fingerprint density at radius 3 is 2.78 bits per heavy atom. The number of rotatable bonds is 6. The Morgan fingerprint density at radius 1 is 1.56 bits per heavy atom. The van der Waals surface area contributed by atoms with Gasteiger partial charge < -0.3 is 9.64 Å². The van der Waals surface area contributed by atoms with Crippen molar-refractivity contribution in [2.75, 3.05) is 20.2 Å². The highest BCUT2D eigenvalue weighted by molar-refractivity contribution is 5.94. The first kappa shape index (κ1) is 14.2. The van der Waals surface area contributed by atoms with Crippen LogP contribution in [0.4, 0.5) is 4.39 Å². The number of amides is 1. The summed E-state index contributed by atoms with van der Waals surface area (Å²) in [6.45, 7) is 6.56. The van der Waals surface area contributed by atoms with Gasteiger partial charge in [-0.15, -0.1) is 6.58 Å². The molecule has 4 heteroatoms. The van der Waals surface area contributed by atoms with Crippen LogP contribution in [0.5, 0.6) is 5.75 Å². The molecule has 0 saturated heterocycles. The van der Waals surface area contributed by atoms with Crippen LogP contribution in [0.15, 0.2) is 30.9 Å². The molecule has 0 aromatic heterocycles. The molecule has 18 heavy (non-hydrogen) atoms. The van der Waals surface area contributed by atoms with E-state index in [4.69, 9.17) is 4.74 Å². The third kappa shape index (κ3) is 3.32. The maximum absolute atomic E-state index is 13.8. The molecule has 0 radical (unpaired) electrons. The molecule has 0 spiro atoms. The number of carbonyl (C=O) groups is 1. The van der Waals surface area contributed by atoms with Crippen molar-refractivity contribution in [2.24, 2.45) is 0 Å². The minimum atomic E-state index is -0.565. The van der Waals surface area contributed by atoms with Gasteiger partial charge in [0, 0.05) is 19.2 Å². The molecule has 0 aliphatic rings. The summed E-state index contributed by atoms with van der Waals surface area (Å²) in [5.74, 6) is -0.490. The Bertz CT molecular complexity index is 432. The van der Waals surface area contributed by atoms with E-state index in [9.17, 15) is 9.18 Å². The van der Waals surface area contributed by atoms with Crippen molar-refractivity contribution in [2.45, 2.75) is 13.3 Å². The average molecular weight is 251 g/mol. The molecule has 0 atom stereocenters. The van der Waals surface area contributed by atoms with Crippen LogP contribution in [0.25, 0.3) is 0 Å². The van der Waals surface area contributed by atoms with Gasteiger partial charge >= 0.3 is 0 Å². The van der Waals surface area contributed by atoms with Crippen LogP contribution in [0.2, 0.25) is 0 Å². The van der Waals surface area contributed by atoms with Crippen LogP contribution in [0.3, 0.4) is 0 Å². The Morgan fingerprint density at radius 2 is 2.28 bits per heavy atom. The maximum atomic E-state index is 13.8. The maximum Gasteiger partial charge on any atom is 0.257 e. The van der Waals surface area contributed by atoms with Crippen molar-refractivity contribution in [1.82, 2.24) is 4.90 Å². The molecule has 0 bridgehead atoms. The van der Waals surface area contributed by atoms with Crippen LogP contribution >= 0.6 is 0 Å². The van der Waals surface area contributed by atoms with E-state index in [1.54, 1.807) is 17.0 Å².